The van der Waals surface area contributed by atoms with Crippen LogP contribution in [-0.4, -0.2) is 39.7 Å². The number of hydrogen-bond acceptors (Lipinski definition) is 3. The fraction of sp³-hybridized carbons (Fsp3) is 0.474. The molecule has 1 aliphatic carbocycles. The lowest BCUT2D eigenvalue weighted by Gasteiger charge is -2.29. The monoisotopic (exact) mass is 342 g/mol. The maximum absolute atomic E-state index is 14.4. The first kappa shape index (κ1) is 16.3. The standard InChI is InChI=1S/C19H23FN4O/c1-12-5-6-17(15(20)11-12)24-16-4-2-3-14(16)18(22-24)19(25)23-9-7-13(21)8-10-23/h5-6,11,13H,2-4,7-10,21H2,1H3. The third-order valence-electron chi connectivity index (χ3n) is 5.29. The lowest BCUT2D eigenvalue weighted by atomic mass is 10.1. The Morgan fingerprint density at radius 2 is 2.04 bits per heavy atom. The van der Waals surface area contributed by atoms with E-state index in [1.807, 2.05) is 17.9 Å². The first-order valence-electron chi connectivity index (χ1n) is 8.96. The maximum atomic E-state index is 14.4. The van der Waals surface area contributed by atoms with Crippen molar-refractivity contribution in [2.24, 2.45) is 5.73 Å². The van der Waals surface area contributed by atoms with Crippen molar-refractivity contribution in [1.82, 2.24) is 14.7 Å². The molecule has 2 N–H and O–H groups in total. The number of fused-ring (bicyclic) bond motifs is 1. The van der Waals surface area contributed by atoms with Crippen LogP contribution in [0.2, 0.25) is 0 Å². The second-order valence-corrected chi connectivity index (χ2v) is 7.12. The Balaban J connectivity index is 1.72. The highest BCUT2D eigenvalue weighted by Gasteiger charge is 2.31. The fourth-order valence-electron chi connectivity index (χ4n) is 3.84. The second kappa shape index (κ2) is 6.26. The third-order valence-corrected chi connectivity index (χ3v) is 5.29. The van der Waals surface area contributed by atoms with Crippen LogP contribution < -0.4 is 5.73 Å². The fourth-order valence-corrected chi connectivity index (χ4v) is 3.84. The number of halogens is 1. The van der Waals surface area contributed by atoms with Crippen LogP contribution in [0.5, 0.6) is 0 Å². The van der Waals surface area contributed by atoms with E-state index in [0.29, 0.717) is 24.5 Å². The van der Waals surface area contributed by atoms with Gasteiger partial charge >= 0.3 is 0 Å². The van der Waals surface area contributed by atoms with E-state index in [2.05, 4.69) is 5.10 Å². The number of rotatable bonds is 2. The lowest BCUT2D eigenvalue weighted by Crippen LogP contribution is -2.43. The SMILES string of the molecule is Cc1ccc(-n2nc(C(=O)N3CCC(N)CC3)c3c2CCC3)c(F)c1. The van der Waals surface area contributed by atoms with Crippen LogP contribution in [0.4, 0.5) is 4.39 Å². The molecule has 25 heavy (non-hydrogen) atoms. The molecule has 1 saturated heterocycles. The van der Waals surface area contributed by atoms with E-state index in [4.69, 9.17) is 5.73 Å². The number of hydrogen-bond donors (Lipinski definition) is 1. The van der Waals surface area contributed by atoms with Crippen molar-refractivity contribution in [2.75, 3.05) is 13.1 Å². The summed E-state index contributed by atoms with van der Waals surface area (Å²) in [6.07, 6.45) is 4.28. The van der Waals surface area contributed by atoms with E-state index in [0.717, 1.165) is 48.9 Å². The molecular formula is C19H23FN4O. The van der Waals surface area contributed by atoms with Gasteiger partial charge in [-0.05, 0) is 56.7 Å². The van der Waals surface area contributed by atoms with E-state index in [-0.39, 0.29) is 17.8 Å². The normalized spacial score (nSPS) is 17.8. The number of nitrogens with two attached hydrogens (primary N) is 1. The molecule has 0 saturated carbocycles. The molecule has 1 aromatic carbocycles. The predicted molar refractivity (Wildman–Crippen MR) is 93.4 cm³/mol. The number of nitrogens with zero attached hydrogens (tertiary/aromatic N) is 3. The molecule has 1 aliphatic heterocycles. The van der Waals surface area contributed by atoms with E-state index in [1.54, 1.807) is 10.7 Å². The maximum Gasteiger partial charge on any atom is 0.274 e. The van der Waals surface area contributed by atoms with Crippen LogP contribution in [0.15, 0.2) is 18.2 Å². The number of likely N-dealkylation sites (tertiary alicyclic amines) is 1. The highest BCUT2D eigenvalue weighted by molar-refractivity contribution is 5.94. The van der Waals surface area contributed by atoms with Gasteiger partial charge in [0.25, 0.3) is 5.91 Å². The topological polar surface area (TPSA) is 64.2 Å². The van der Waals surface area contributed by atoms with E-state index < -0.39 is 0 Å². The van der Waals surface area contributed by atoms with Crippen LogP contribution in [0.1, 0.15) is 46.6 Å². The van der Waals surface area contributed by atoms with Gasteiger partial charge in [-0.2, -0.15) is 5.10 Å². The van der Waals surface area contributed by atoms with Crippen LogP contribution in [0, 0.1) is 12.7 Å². The number of carbonyl (C=O) groups excluding carboxylic acids is 1. The summed E-state index contributed by atoms with van der Waals surface area (Å²) in [4.78, 5) is 14.8. The Kier molecular flexibility index (Phi) is 4.07. The zero-order valence-corrected chi connectivity index (χ0v) is 14.5. The van der Waals surface area contributed by atoms with Gasteiger partial charge in [-0.3, -0.25) is 4.79 Å². The summed E-state index contributed by atoms with van der Waals surface area (Å²) in [7, 11) is 0. The van der Waals surface area contributed by atoms with Crippen LogP contribution in [0.25, 0.3) is 5.69 Å². The summed E-state index contributed by atoms with van der Waals surface area (Å²) < 4.78 is 16.1. The largest absolute Gasteiger partial charge is 0.337 e. The van der Waals surface area contributed by atoms with Crippen molar-refractivity contribution >= 4 is 5.91 Å². The molecule has 1 amide bonds. The Morgan fingerprint density at radius 1 is 1.28 bits per heavy atom. The minimum Gasteiger partial charge on any atom is -0.337 e. The van der Waals surface area contributed by atoms with Gasteiger partial charge in [-0.15, -0.1) is 0 Å². The lowest BCUT2D eigenvalue weighted by molar-refractivity contribution is 0.0707. The molecule has 2 aromatic rings. The van der Waals surface area contributed by atoms with E-state index in [1.165, 1.54) is 6.07 Å². The van der Waals surface area contributed by atoms with Gasteiger partial charge in [0.1, 0.15) is 11.5 Å². The number of aryl methyl sites for hydroxylation is 1. The average molecular weight is 342 g/mol. The molecule has 1 aromatic heterocycles. The van der Waals surface area contributed by atoms with Crippen molar-refractivity contribution in [3.63, 3.8) is 0 Å². The third kappa shape index (κ3) is 2.84. The minimum atomic E-state index is -0.305. The number of amides is 1. The predicted octanol–water partition coefficient (Wildman–Crippen LogP) is 2.37. The Labute approximate surface area is 146 Å². The van der Waals surface area contributed by atoms with Crippen molar-refractivity contribution in [3.8, 4) is 5.69 Å². The molecule has 6 heteroatoms. The first-order chi connectivity index (χ1) is 12.0. The second-order valence-electron chi connectivity index (χ2n) is 7.12. The summed E-state index contributed by atoms with van der Waals surface area (Å²) in [5.74, 6) is -0.350. The number of piperidine rings is 1. The Hall–Kier alpha value is -2.21. The van der Waals surface area contributed by atoms with Gasteiger partial charge in [0.15, 0.2) is 5.69 Å². The van der Waals surface area contributed by atoms with Gasteiger partial charge in [0, 0.05) is 30.4 Å². The first-order valence-corrected chi connectivity index (χ1v) is 8.96. The summed E-state index contributed by atoms with van der Waals surface area (Å²) in [5, 5.41) is 4.54. The highest BCUT2D eigenvalue weighted by atomic mass is 19.1. The van der Waals surface area contributed by atoms with Crippen molar-refractivity contribution < 1.29 is 9.18 Å². The molecule has 0 spiro atoms. The average Bonchev–Trinajstić information content (AvgIpc) is 3.18. The van der Waals surface area contributed by atoms with Gasteiger partial charge in [0.05, 0.1) is 0 Å². The summed E-state index contributed by atoms with van der Waals surface area (Å²) in [6.45, 7) is 3.19. The zero-order chi connectivity index (χ0) is 17.6. The molecule has 2 aliphatic rings. The quantitative estimate of drug-likeness (QED) is 0.911. The molecule has 132 valence electrons. The Morgan fingerprint density at radius 3 is 2.76 bits per heavy atom. The van der Waals surface area contributed by atoms with E-state index >= 15 is 0 Å². The molecule has 0 unspecified atom stereocenters. The molecule has 1 fully saturated rings. The van der Waals surface area contributed by atoms with Gasteiger partial charge < -0.3 is 10.6 Å². The van der Waals surface area contributed by atoms with Crippen molar-refractivity contribution in [2.45, 2.75) is 45.1 Å². The summed E-state index contributed by atoms with van der Waals surface area (Å²) in [5.41, 5.74) is 9.67. The molecule has 2 heterocycles. The molecule has 5 nitrogen and oxygen atoms in total. The van der Waals surface area contributed by atoms with Crippen molar-refractivity contribution in [3.05, 3.63) is 46.5 Å². The molecule has 0 bridgehead atoms. The summed E-state index contributed by atoms with van der Waals surface area (Å²) in [6, 6.07) is 5.29. The number of carbonyl (C=O) groups is 1. The van der Waals surface area contributed by atoms with Crippen LogP contribution in [0.3, 0.4) is 0 Å². The molecule has 0 radical (unpaired) electrons. The minimum absolute atomic E-state index is 0.0451. The highest BCUT2D eigenvalue weighted by Crippen LogP contribution is 2.30. The molecule has 0 atom stereocenters. The van der Waals surface area contributed by atoms with Crippen LogP contribution in [-0.2, 0) is 12.8 Å². The number of aromatic nitrogens is 2. The zero-order valence-electron chi connectivity index (χ0n) is 14.5. The van der Waals surface area contributed by atoms with Crippen molar-refractivity contribution in [1.29, 1.82) is 0 Å². The van der Waals surface area contributed by atoms with Gasteiger partial charge in [-0.25, -0.2) is 9.07 Å². The smallest absolute Gasteiger partial charge is 0.274 e. The number of benzene rings is 1. The van der Waals surface area contributed by atoms with Gasteiger partial charge in [-0.1, -0.05) is 6.07 Å². The Bertz CT molecular complexity index is 821. The van der Waals surface area contributed by atoms with Gasteiger partial charge in [0.2, 0.25) is 0 Å². The molecular weight excluding hydrogens is 319 g/mol. The molecule has 4 rings (SSSR count). The summed E-state index contributed by atoms with van der Waals surface area (Å²) >= 11 is 0. The van der Waals surface area contributed by atoms with E-state index in [9.17, 15) is 9.18 Å². The van der Waals surface area contributed by atoms with Crippen LogP contribution >= 0.6 is 0 Å².